The lowest BCUT2D eigenvalue weighted by Crippen LogP contribution is -2.52. The Balaban J connectivity index is 3.99. The van der Waals surface area contributed by atoms with Gasteiger partial charge in [0.1, 0.15) is 6.04 Å². The van der Waals surface area contributed by atoms with Crippen LogP contribution in [0, 0.1) is 11.3 Å². The van der Waals surface area contributed by atoms with Crippen LogP contribution in [0.5, 0.6) is 0 Å². The van der Waals surface area contributed by atoms with Gasteiger partial charge in [-0.1, -0.05) is 34.6 Å². The number of rotatable bonds is 7. The Bertz CT molecular complexity index is 298. The molecule has 0 aromatic rings. The summed E-state index contributed by atoms with van der Waals surface area (Å²) in [6, 6.07) is -1.42. The fraction of sp³-hybridized carbons (Fsp3) is 0.846. The predicted molar refractivity (Wildman–Crippen MR) is 73.1 cm³/mol. The highest BCUT2D eigenvalue weighted by atomic mass is 16.5. The molecule has 0 unspecified atom stereocenters. The van der Waals surface area contributed by atoms with Crippen LogP contribution in [0.2, 0.25) is 0 Å². The third-order valence-electron chi connectivity index (χ3n) is 2.37. The van der Waals surface area contributed by atoms with Crippen molar-refractivity contribution in [2.45, 2.75) is 40.7 Å². The van der Waals surface area contributed by atoms with Crippen LogP contribution < -0.4 is 10.6 Å². The molecule has 19 heavy (non-hydrogen) atoms. The Morgan fingerprint density at radius 3 is 2.26 bits per heavy atom. The van der Waals surface area contributed by atoms with Gasteiger partial charge in [0.15, 0.2) is 0 Å². The number of nitrogens with one attached hydrogen (secondary N) is 2. The number of aliphatic carboxylic acids is 1. The Morgan fingerprint density at radius 2 is 1.84 bits per heavy atom. The normalized spacial score (nSPS) is 13.2. The van der Waals surface area contributed by atoms with E-state index in [2.05, 4.69) is 10.6 Å². The number of carbonyl (C=O) groups is 2. The van der Waals surface area contributed by atoms with E-state index in [1.54, 1.807) is 20.8 Å². The fourth-order valence-corrected chi connectivity index (χ4v) is 1.39. The van der Waals surface area contributed by atoms with Crippen molar-refractivity contribution in [3.05, 3.63) is 0 Å². The topological polar surface area (TPSA) is 87.7 Å². The summed E-state index contributed by atoms with van der Waals surface area (Å²) in [6.45, 7) is 10.8. The van der Waals surface area contributed by atoms with E-state index in [1.165, 1.54) is 0 Å². The summed E-state index contributed by atoms with van der Waals surface area (Å²) in [5.41, 5.74) is -0.544. The molecule has 0 aliphatic carbocycles. The third-order valence-corrected chi connectivity index (χ3v) is 2.37. The van der Waals surface area contributed by atoms with Gasteiger partial charge in [-0.25, -0.2) is 9.59 Å². The lowest BCUT2D eigenvalue weighted by atomic mass is 9.87. The van der Waals surface area contributed by atoms with Crippen molar-refractivity contribution in [3.8, 4) is 0 Å². The molecule has 0 saturated carbocycles. The number of carboxylic acid groups (broad SMARTS) is 1. The summed E-state index contributed by atoms with van der Waals surface area (Å²) in [7, 11) is 0. The SMILES string of the molecule is CC(C)COCCNC(=O)N[C@@H](C(=O)O)C(C)(C)C. The average Bonchev–Trinajstić information content (AvgIpc) is 2.23. The first-order valence-electron chi connectivity index (χ1n) is 6.49. The minimum absolute atomic E-state index is 0.356. The van der Waals surface area contributed by atoms with Crippen LogP contribution in [-0.2, 0) is 9.53 Å². The molecule has 0 aromatic heterocycles. The molecule has 0 heterocycles. The molecule has 0 bridgehead atoms. The summed E-state index contributed by atoms with van der Waals surface area (Å²) < 4.78 is 5.31. The van der Waals surface area contributed by atoms with Gasteiger partial charge in [-0.2, -0.15) is 0 Å². The van der Waals surface area contributed by atoms with Gasteiger partial charge in [0, 0.05) is 13.2 Å². The fourth-order valence-electron chi connectivity index (χ4n) is 1.39. The minimum Gasteiger partial charge on any atom is -0.480 e. The van der Waals surface area contributed by atoms with Crippen molar-refractivity contribution < 1.29 is 19.4 Å². The molecule has 3 N–H and O–H groups in total. The van der Waals surface area contributed by atoms with Crippen molar-refractivity contribution in [2.75, 3.05) is 19.8 Å². The Kier molecular flexibility index (Phi) is 7.44. The highest BCUT2D eigenvalue weighted by Gasteiger charge is 2.32. The first-order chi connectivity index (χ1) is 8.64. The molecule has 0 saturated heterocycles. The number of amides is 2. The van der Waals surface area contributed by atoms with Gasteiger partial charge in [-0.3, -0.25) is 0 Å². The Hall–Kier alpha value is -1.30. The maximum atomic E-state index is 11.6. The molecule has 0 spiro atoms. The highest BCUT2D eigenvalue weighted by Crippen LogP contribution is 2.19. The molecule has 0 aromatic carbocycles. The van der Waals surface area contributed by atoms with Crippen molar-refractivity contribution in [3.63, 3.8) is 0 Å². The lowest BCUT2D eigenvalue weighted by Gasteiger charge is -2.27. The molecule has 0 aliphatic heterocycles. The smallest absolute Gasteiger partial charge is 0.326 e. The van der Waals surface area contributed by atoms with Crippen molar-refractivity contribution in [1.29, 1.82) is 0 Å². The zero-order chi connectivity index (χ0) is 15.1. The van der Waals surface area contributed by atoms with Crippen LogP contribution in [-0.4, -0.2) is 42.9 Å². The molecule has 6 heteroatoms. The molecule has 2 amide bonds. The third kappa shape index (κ3) is 8.42. The van der Waals surface area contributed by atoms with E-state index in [-0.39, 0.29) is 0 Å². The average molecular weight is 274 g/mol. The maximum Gasteiger partial charge on any atom is 0.326 e. The van der Waals surface area contributed by atoms with Gasteiger partial charge in [0.25, 0.3) is 0 Å². The monoisotopic (exact) mass is 274 g/mol. The van der Waals surface area contributed by atoms with Crippen LogP contribution in [0.25, 0.3) is 0 Å². The largest absolute Gasteiger partial charge is 0.480 e. The van der Waals surface area contributed by atoms with Crippen LogP contribution in [0.4, 0.5) is 4.79 Å². The maximum absolute atomic E-state index is 11.6. The number of hydrogen-bond acceptors (Lipinski definition) is 3. The van der Waals surface area contributed by atoms with Gasteiger partial charge in [-0.15, -0.1) is 0 Å². The van der Waals surface area contributed by atoms with E-state index in [9.17, 15) is 9.59 Å². The molecular formula is C13H26N2O4. The second kappa shape index (κ2) is 7.99. The van der Waals surface area contributed by atoms with E-state index in [4.69, 9.17) is 9.84 Å². The summed E-state index contributed by atoms with van der Waals surface area (Å²) in [5.74, 6) is -0.593. The number of hydrogen-bond donors (Lipinski definition) is 3. The van der Waals surface area contributed by atoms with Crippen LogP contribution >= 0.6 is 0 Å². The first kappa shape index (κ1) is 17.7. The summed E-state index contributed by atoms with van der Waals surface area (Å²) >= 11 is 0. The molecule has 0 rings (SSSR count). The quantitative estimate of drug-likeness (QED) is 0.613. The first-order valence-corrected chi connectivity index (χ1v) is 6.49. The zero-order valence-corrected chi connectivity index (χ0v) is 12.4. The molecule has 0 fully saturated rings. The van der Waals surface area contributed by atoms with E-state index >= 15 is 0 Å². The van der Waals surface area contributed by atoms with Crippen molar-refractivity contribution >= 4 is 12.0 Å². The van der Waals surface area contributed by atoms with Crippen LogP contribution in [0.3, 0.4) is 0 Å². The molecule has 1 atom stereocenters. The Morgan fingerprint density at radius 1 is 1.26 bits per heavy atom. The van der Waals surface area contributed by atoms with Gasteiger partial charge < -0.3 is 20.5 Å². The standard InChI is InChI=1S/C13H26N2O4/c1-9(2)8-19-7-6-14-12(18)15-10(11(16)17)13(3,4)5/h9-10H,6-8H2,1-5H3,(H,16,17)(H2,14,15,18)/t10-/m0/s1. The lowest BCUT2D eigenvalue weighted by molar-refractivity contribution is -0.141. The van der Waals surface area contributed by atoms with Gasteiger partial charge >= 0.3 is 12.0 Å². The molecular weight excluding hydrogens is 248 g/mol. The number of carbonyl (C=O) groups excluding carboxylic acids is 1. The summed E-state index contributed by atoms with van der Waals surface area (Å²) in [5, 5.41) is 14.1. The summed E-state index contributed by atoms with van der Waals surface area (Å²) in [6.07, 6.45) is 0. The van der Waals surface area contributed by atoms with Crippen LogP contribution in [0.1, 0.15) is 34.6 Å². The van der Waals surface area contributed by atoms with E-state index in [0.717, 1.165) is 0 Å². The second-order valence-electron chi connectivity index (χ2n) is 6.01. The van der Waals surface area contributed by atoms with Crippen molar-refractivity contribution in [2.24, 2.45) is 11.3 Å². The highest BCUT2D eigenvalue weighted by molar-refractivity contribution is 5.83. The number of urea groups is 1. The Labute approximate surface area is 114 Å². The zero-order valence-electron chi connectivity index (χ0n) is 12.4. The van der Waals surface area contributed by atoms with E-state index in [0.29, 0.717) is 25.7 Å². The van der Waals surface area contributed by atoms with Crippen molar-refractivity contribution in [1.82, 2.24) is 10.6 Å². The van der Waals surface area contributed by atoms with E-state index in [1.807, 2.05) is 13.8 Å². The molecule has 112 valence electrons. The number of ether oxygens (including phenoxy) is 1. The number of carboxylic acids is 1. The summed E-state index contributed by atoms with van der Waals surface area (Å²) in [4.78, 5) is 22.6. The van der Waals surface area contributed by atoms with E-state index < -0.39 is 23.5 Å². The van der Waals surface area contributed by atoms with Crippen LogP contribution in [0.15, 0.2) is 0 Å². The van der Waals surface area contributed by atoms with Gasteiger partial charge in [0.2, 0.25) is 0 Å². The molecule has 0 aliphatic rings. The van der Waals surface area contributed by atoms with Gasteiger partial charge in [0.05, 0.1) is 6.61 Å². The molecule has 6 nitrogen and oxygen atoms in total. The minimum atomic E-state index is -1.04. The van der Waals surface area contributed by atoms with Gasteiger partial charge in [-0.05, 0) is 11.3 Å². The molecule has 0 radical (unpaired) electrons. The predicted octanol–water partition coefficient (Wildman–Crippen LogP) is 1.46. The second-order valence-corrected chi connectivity index (χ2v) is 6.01.